The van der Waals surface area contributed by atoms with E-state index in [4.69, 9.17) is 9.47 Å². The molecule has 1 N–H and O–H groups in total. The number of halogens is 3. The number of nitrogens with one attached hydrogen (secondary N) is 1. The zero-order valence-electron chi connectivity index (χ0n) is 13.6. The highest BCUT2D eigenvalue weighted by molar-refractivity contribution is 5.78. The molecule has 138 valence electrons. The maximum atomic E-state index is 12.9. The second kappa shape index (κ2) is 8.09. The zero-order valence-corrected chi connectivity index (χ0v) is 13.6. The molecule has 1 saturated heterocycles. The molecule has 1 aromatic rings. The lowest BCUT2D eigenvalue weighted by molar-refractivity contribution is -0.139. The fraction of sp³-hybridized carbons (Fsp3) is 0.500. The molecule has 0 unspecified atom stereocenters. The van der Waals surface area contributed by atoms with Crippen LogP contribution in [0.3, 0.4) is 0 Å². The number of carbonyl (C=O) groups excluding carboxylic acids is 2. The molecule has 1 atom stereocenters. The van der Waals surface area contributed by atoms with E-state index >= 15 is 0 Å². The summed E-state index contributed by atoms with van der Waals surface area (Å²) >= 11 is 0. The Labute approximate surface area is 142 Å². The number of likely N-dealkylation sites (tertiary alicyclic amines) is 1. The van der Waals surface area contributed by atoms with Crippen molar-refractivity contribution < 1.29 is 32.2 Å². The van der Waals surface area contributed by atoms with Crippen LogP contribution >= 0.6 is 0 Å². The summed E-state index contributed by atoms with van der Waals surface area (Å²) in [6.45, 7) is 2.16. The summed E-state index contributed by atoms with van der Waals surface area (Å²) in [5.41, 5.74) is -0.933. The van der Waals surface area contributed by atoms with Gasteiger partial charge in [0.2, 0.25) is 0 Å². The summed E-state index contributed by atoms with van der Waals surface area (Å²) in [7, 11) is 0. The number of nitrogens with zero attached hydrogens (tertiary/aromatic N) is 1. The molecule has 2 rings (SSSR count). The molecular weight excluding hydrogens is 341 g/mol. The van der Waals surface area contributed by atoms with E-state index in [0.717, 1.165) is 12.1 Å². The molecule has 1 aliphatic rings. The summed E-state index contributed by atoms with van der Waals surface area (Å²) < 4.78 is 48.4. The van der Waals surface area contributed by atoms with Gasteiger partial charge in [0.05, 0.1) is 12.2 Å². The highest BCUT2D eigenvalue weighted by atomic mass is 19.4. The van der Waals surface area contributed by atoms with Gasteiger partial charge < -0.3 is 19.7 Å². The quantitative estimate of drug-likeness (QED) is 0.876. The lowest BCUT2D eigenvalue weighted by Crippen LogP contribution is -2.40. The molecule has 0 saturated carbocycles. The number of para-hydroxylation sites is 1. The van der Waals surface area contributed by atoms with Gasteiger partial charge in [-0.3, -0.25) is 4.79 Å². The molecule has 0 spiro atoms. The molecule has 0 aromatic heterocycles. The molecule has 1 aliphatic heterocycles. The first-order valence-electron chi connectivity index (χ1n) is 7.81. The maximum Gasteiger partial charge on any atom is 0.419 e. The van der Waals surface area contributed by atoms with Gasteiger partial charge in [0, 0.05) is 19.1 Å². The van der Waals surface area contributed by atoms with E-state index in [1.807, 2.05) is 0 Å². The fourth-order valence-electron chi connectivity index (χ4n) is 2.50. The molecule has 25 heavy (non-hydrogen) atoms. The Kier molecular flexibility index (Phi) is 6.11. The molecule has 0 radical (unpaired) electrons. The Morgan fingerprint density at radius 1 is 1.32 bits per heavy atom. The van der Waals surface area contributed by atoms with Gasteiger partial charge in [-0.1, -0.05) is 12.1 Å². The molecule has 1 fully saturated rings. The van der Waals surface area contributed by atoms with Crippen molar-refractivity contribution in [3.05, 3.63) is 29.8 Å². The number of ether oxygens (including phenoxy) is 2. The highest BCUT2D eigenvalue weighted by Crippen LogP contribution is 2.35. The van der Waals surface area contributed by atoms with Gasteiger partial charge in [0.15, 0.2) is 6.61 Å². The molecule has 2 amide bonds. The number of alkyl halides is 3. The SMILES string of the molecule is CCOC(=O)N1CC[C@@H](NC(=O)COc2ccccc2C(F)(F)F)C1. The molecule has 9 heteroatoms. The molecule has 1 aromatic carbocycles. The van der Waals surface area contributed by atoms with E-state index < -0.39 is 36.1 Å². The Morgan fingerprint density at radius 3 is 2.72 bits per heavy atom. The van der Waals surface area contributed by atoms with Gasteiger partial charge in [-0.2, -0.15) is 13.2 Å². The first-order chi connectivity index (χ1) is 11.8. The van der Waals surface area contributed by atoms with E-state index in [-0.39, 0.29) is 12.6 Å². The third-order valence-electron chi connectivity index (χ3n) is 3.63. The van der Waals surface area contributed by atoms with Crippen LogP contribution in [0.2, 0.25) is 0 Å². The Bertz CT molecular complexity index is 622. The minimum Gasteiger partial charge on any atom is -0.483 e. The summed E-state index contributed by atoms with van der Waals surface area (Å²) in [5, 5.41) is 2.64. The third kappa shape index (κ3) is 5.27. The number of hydrogen-bond donors (Lipinski definition) is 1. The monoisotopic (exact) mass is 360 g/mol. The summed E-state index contributed by atoms with van der Waals surface area (Å²) in [4.78, 5) is 24.9. The van der Waals surface area contributed by atoms with Crippen molar-refractivity contribution in [2.24, 2.45) is 0 Å². The number of amides is 2. The van der Waals surface area contributed by atoms with Crippen LogP contribution in [0.4, 0.5) is 18.0 Å². The van der Waals surface area contributed by atoms with Gasteiger partial charge >= 0.3 is 12.3 Å². The van der Waals surface area contributed by atoms with E-state index in [1.165, 1.54) is 17.0 Å². The van der Waals surface area contributed by atoms with Crippen molar-refractivity contribution in [3.63, 3.8) is 0 Å². The zero-order chi connectivity index (χ0) is 18.4. The Balaban J connectivity index is 1.84. The number of rotatable bonds is 5. The van der Waals surface area contributed by atoms with E-state index in [0.29, 0.717) is 19.5 Å². The van der Waals surface area contributed by atoms with Crippen molar-refractivity contribution in [3.8, 4) is 5.75 Å². The smallest absolute Gasteiger partial charge is 0.419 e. The normalized spacial score (nSPS) is 17.3. The molecule has 0 aliphatic carbocycles. The first kappa shape index (κ1) is 18.9. The van der Waals surface area contributed by atoms with Crippen molar-refractivity contribution >= 4 is 12.0 Å². The lowest BCUT2D eigenvalue weighted by Gasteiger charge is -2.17. The van der Waals surface area contributed by atoms with Crippen LogP contribution in [0.15, 0.2) is 24.3 Å². The first-order valence-corrected chi connectivity index (χ1v) is 7.81. The van der Waals surface area contributed by atoms with Crippen molar-refractivity contribution in [1.29, 1.82) is 0 Å². The van der Waals surface area contributed by atoms with Crippen LogP contribution in [0, 0.1) is 0 Å². The Hall–Kier alpha value is -2.45. The van der Waals surface area contributed by atoms with Gasteiger partial charge in [-0.05, 0) is 25.5 Å². The van der Waals surface area contributed by atoms with Gasteiger partial charge in [-0.15, -0.1) is 0 Å². The van der Waals surface area contributed by atoms with Gasteiger partial charge in [0.25, 0.3) is 5.91 Å². The summed E-state index contributed by atoms with van der Waals surface area (Å²) in [6.07, 6.45) is -4.46. The van der Waals surface area contributed by atoms with Crippen LogP contribution in [0.1, 0.15) is 18.9 Å². The topological polar surface area (TPSA) is 67.9 Å². The number of hydrogen-bond acceptors (Lipinski definition) is 4. The van der Waals surface area contributed by atoms with Gasteiger partial charge in [0.1, 0.15) is 5.75 Å². The van der Waals surface area contributed by atoms with Crippen molar-refractivity contribution in [2.45, 2.75) is 25.6 Å². The minimum absolute atomic E-state index is 0.263. The van der Waals surface area contributed by atoms with E-state index in [9.17, 15) is 22.8 Å². The van der Waals surface area contributed by atoms with E-state index in [2.05, 4.69) is 5.32 Å². The van der Waals surface area contributed by atoms with Gasteiger partial charge in [-0.25, -0.2) is 4.79 Å². The summed E-state index contributed by atoms with van der Waals surface area (Å²) in [6, 6.07) is 4.42. The van der Waals surface area contributed by atoms with Crippen LogP contribution in [0.25, 0.3) is 0 Å². The predicted molar refractivity (Wildman–Crippen MR) is 82.1 cm³/mol. The largest absolute Gasteiger partial charge is 0.483 e. The van der Waals surface area contributed by atoms with Crippen molar-refractivity contribution in [1.82, 2.24) is 10.2 Å². The fourth-order valence-corrected chi connectivity index (χ4v) is 2.50. The number of carbonyl (C=O) groups is 2. The molecular formula is C16H19F3N2O4. The Morgan fingerprint density at radius 2 is 2.04 bits per heavy atom. The van der Waals surface area contributed by atoms with Crippen LogP contribution in [-0.2, 0) is 15.7 Å². The number of benzene rings is 1. The standard InChI is InChI=1S/C16H19F3N2O4/c1-2-24-15(23)21-8-7-11(9-21)20-14(22)10-25-13-6-4-3-5-12(13)16(17,18)19/h3-6,11H,2,7-10H2,1H3,(H,20,22)/t11-/m1/s1. The molecule has 0 bridgehead atoms. The third-order valence-corrected chi connectivity index (χ3v) is 3.63. The van der Waals surface area contributed by atoms with E-state index in [1.54, 1.807) is 6.92 Å². The second-order valence-corrected chi connectivity index (χ2v) is 5.48. The highest BCUT2D eigenvalue weighted by Gasteiger charge is 2.34. The average molecular weight is 360 g/mol. The summed E-state index contributed by atoms with van der Waals surface area (Å²) in [5.74, 6) is -0.947. The molecule has 1 heterocycles. The maximum absolute atomic E-state index is 12.9. The lowest BCUT2D eigenvalue weighted by atomic mass is 10.2. The predicted octanol–water partition coefficient (Wildman–Crippen LogP) is 2.43. The average Bonchev–Trinajstić information content (AvgIpc) is 3.01. The molecule has 6 nitrogen and oxygen atoms in total. The minimum atomic E-state index is -4.56. The van der Waals surface area contributed by atoms with Crippen LogP contribution < -0.4 is 10.1 Å². The second-order valence-electron chi connectivity index (χ2n) is 5.48. The van der Waals surface area contributed by atoms with Crippen LogP contribution in [-0.4, -0.2) is 49.2 Å². The van der Waals surface area contributed by atoms with Crippen molar-refractivity contribution in [2.75, 3.05) is 26.3 Å². The van der Waals surface area contributed by atoms with Crippen LogP contribution in [0.5, 0.6) is 5.75 Å².